The zero-order valence-electron chi connectivity index (χ0n) is 8.71. The van der Waals surface area contributed by atoms with Crippen molar-refractivity contribution in [1.82, 2.24) is 5.32 Å². The first-order valence-electron chi connectivity index (χ1n) is 5.07. The SMILES string of the molecule is CCC(CC)N[C@H](C)c1cccs1. The highest BCUT2D eigenvalue weighted by Gasteiger charge is 2.10. The van der Waals surface area contributed by atoms with Gasteiger partial charge in [0.1, 0.15) is 0 Å². The molecule has 1 aromatic heterocycles. The van der Waals surface area contributed by atoms with E-state index < -0.39 is 0 Å². The maximum absolute atomic E-state index is 3.63. The van der Waals surface area contributed by atoms with Crippen LogP contribution in [0.2, 0.25) is 0 Å². The van der Waals surface area contributed by atoms with Gasteiger partial charge in [0, 0.05) is 17.0 Å². The molecule has 0 unspecified atom stereocenters. The summed E-state index contributed by atoms with van der Waals surface area (Å²) in [5.41, 5.74) is 0. The Bertz CT molecular complexity index is 214. The van der Waals surface area contributed by atoms with E-state index in [1.54, 1.807) is 0 Å². The van der Waals surface area contributed by atoms with Gasteiger partial charge in [-0.1, -0.05) is 19.9 Å². The number of hydrogen-bond acceptors (Lipinski definition) is 2. The maximum Gasteiger partial charge on any atom is 0.0388 e. The van der Waals surface area contributed by atoms with E-state index >= 15 is 0 Å². The second-order valence-corrected chi connectivity index (χ2v) is 4.40. The smallest absolute Gasteiger partial charge is 0.0388 e. The van der Waals surface area contributed by atoms with Crippen molar-refractivity contribution in [3.05, 3.63) is 22.4 Å². The van der Waals surface area contributed by atoms with Crippen molar-refractivity contribution in [3.8, 4) is 0 Å². The molecule has 1 aromatic rings. The monoisotopic (exact) mass is 197 g/mol. The third-order valence-electron chi connectivity index (χ3n) is 2.44. The first-order chi connectivity index (χ1) is 6.27. The second-order valence-electron chi connectivity index (χ2n) is 3.42. The minimum atomic E-state index is 0.505. The summed E-state index contributed by atoms with van der Waals surface area (Å²) < 4.78 is 0. The lowest BCUT2D eigenvalue weighted by Crippen LogP contribution is -2.29. The average molecular weight is 197 g/mol. The van der Waals surface area contributed by atoms with Crippen LogP contribution in [0.5, 0.6) is 0 Å². The summed E-state index contributed by atoms with van der Waals surface area (Å²) in [5.74, 6) is 0. The third kappa shape index (κ3) is 3.12. The molecule has 0 saturated carbocycles. The topological polar surface area (TPSA) is 12.0 Å². The summed E-state index contributed by atoms with van der Waals surface area (Å²) in [4.78, 5) is 1.44. The van der Waals surface area contributed by atoms with Crippen LogP contribution in [0, 0.1) is 0 Å². The molecule has 74 valence electrons. The van der Waals surface area contributed by atoms with Gasteiger partial charge in [-0.25, -0.2) is 0 Å². The second kappa shape index (κ2) is 5.40. The molecule has 13 heavy (non-hydrogen) atoms. The van der Waals surface area contributed by atoms with Gasteiger partial charge in [0.15, 0.2) is 0 Å². The lowest BCUT2D eigenvalue weighted by molar-refractivity contribution is 0.436. The fourth-order valence-corrected chi connectivity index (χ4v) is 2.24. The number of thiophene rings is 1. The van der Waals surface area contributed by atoms with Crippen molar-refractivity contribution in [2.45, 2.75) is 45.7 Å². The van der Waals surface area contributed by atoms with Crippen LogP contribution in [0.15, 0.2) is 17.5 Å². The van der Waals surface area contributed by atoms with E-state index in [1.807, 2.05) is 11.3 Å². The fourth-order valence-electron chi connectivity index (χ4n) is 1.50. The Morgan fingerprint density at radius 2 is 2.08 bits per heavy atom. The van der Waals surface area contributed by atoms with Crippen LogP contribution in [0.25, 0.3) is 0 Å². The molecule has 0 amide bonds. The zero-order valence-corrected chi connectivity index (χ0v) is 9.53. The van der Waals surface area contributed by atoms with E-state index in [9.17, 15) is 0 Å². The summed E-state index contributed by atoms with van der Waals surface area (Å²) in [6.45, 7) is 6.72. The summed E-state index contributed by atoms with van der Waals surface area (Å²) in [5, 5.41) is 5.77. The minimum Gasteiger partial charge on any atom is -0.307 e. The molecule has 1 heterocycles. The minimum absolute atomic E-state index is 0.505. The highest BCUT2D eigenvalue weighted by molar-refractivity contribution is 7.10. The Morgan fingerprint density at radius 1 is 1.38 bits per heavy atom. The van der Waals surface area contributed by atoms with Crippen molar-refractivity contribution in [3.63, 3.8) is 0 Å². The van der Waals surface area contributed by atoms with Crippen LogP contribution in [0.4, 0.5) is 0 Å². The molecule has 1 N–H and O–H groups in total. The quantitative estimate of drug-likeness (QED) is 0.760. The van der Waals surface area contributed by atoms with Gasteiger partial charge in [-0.2, -0.15) is 0 Å². The van der Waals surface area contributed by atoms with Crippen LogP contribution in [-0.4, -0.2) is 6.04 Å². The Balaban J connectivity index is 2.45. The first kappa shape index (κ1) is 10.7. The van der Waals surface area contributed by atoms with Gasteiger partial charge in [-0.15, -0.1) is 11.3 Å². The molecule has 0 aliphatic rings. The van der Waals surface area contributed by atoms with E-state index in [1.165, 1.54) is 17.7 Å². The Morgan fingerprint density at radius 3 is 2.54 bits per heavy atom. The van der Waals surface area contributed by atoms with Crippen LogP contribution in [0.1, 0.15) is 44.5 Å². The Kier molecular flexibility index (Phi) is 4.46. The molecule has 1 rings (SSSR count). The molecule has 1 atom stereocenters. The predicted octanol–water partition coefficient (Wildman–Crippen LogP) is 3.59. The summed E-state index contributed by atoms with van der Waals surface area (Å²) in [7, 11) is 0. The lowest BCUT2D eigenvalue weighted by Gasteiger charge is -2.19. The van der Waals surface area contributed by atoms with Gasteiger partial charge >= 0.3 is 0 Å². The van der Waals surface area contributed by atoms with E-state index in [4.69, 9.17) is 0 Å². The molecule has 2 heteroatoms. The summed E-state index contributed by atoms with van der Waals surface area (Å²) >= 11 is 1.83. The molecule has 0 spiro atoms. The molecular weight excluding hydrogens is 178 g/mol. The van der Waals surface area contributed by atoms with Gasteiger partial charge in [0.2, 0.25) is 0 Å². The van der Waals surface area contributed by atoms with Crippen LogP contribution in [-0.2, 0) is 0 Å². The molecule has 0 fully saturated rings. The van der Waals surface area contributed by atoms with Crippen LogP contribution >= 0.6 is 11.3 Å². The van der Waals surface area contributed by atoms with Gasteiger partial charge in [-0.3, -0.25) is 0 Å². The van der Waals surface area contributed by atoms with E-state index in [-0.39, 0.29) is 0 Å². The number of rotatable bonds is 5. The largest absolute Gasteiger partial charge is 0.307 e. The zero-order chi connectivity index (χ0) is 9.68. The van der Waals surface area contributed by atoms with Crippen molar-refractivity contribution >= 4 is 11.3 Å². The highest BCUT2D eigenvalue weighted by atomic mass is 32.1. The molecule has 1 nitrogen and oxygen atoms in total. The van der Waals surface area contributed by atoms with Gasteiger partial charge in [0.05, 0.1) is 0 Å². The van der Waals surface area contributed by atoms with Crippen molar-refractivity contribution in [2.75, 3.05) is 0 Å². The first-order valence-corrected chi connectivity index (χ1v) is 5.95. The fraction of sp³-hybridized carbons (Fsp3) is 0.636. The lowest BCUT2D eigenvalue weighted by atomic mass is 10.1. The summed E-state index contributed by atoms with van der Waals surface area (Å²) in [6, 6.07) is 5.48. The van der Waals surface area contributed by atoms with Crippen molar-refractivity contribution in [1.29, 1.82) is 0 Å². The van der Waals surface area contributed by atoms with Crippen LogP contribution < -0.4 is 5.32 Å². The van der Waals surface area contributed by atoms with Crippen LogP contribution in [0.3, 0.4) is 0 Å². The molecule has 0 bridgehead atoms. The molecule has 0 aliphatic carbocycles. The normalized spacial score (nSPS) is 13.5. The summed E-state index contributed by atoms with van der Waals surface area (Å²) in [6.07, 6.45) is 2.43. The Hall–Kier alpha value is -0.340. The molecule has 0 radical (unpaired) electrons. The number of nitrogens with one attached hydrogen (secondary N) is 1. The van der Waals surface area contributed by atoms with E-state index in [0.717, 1.165) is 0 Å². The maximum atomic E-state index is 3.63. The third-order valence-corrected chi connectivity index (χ3v) is 3.50. The molecule has 0 aromatic carbocycles. The van der Waals surface area contributed by atoms with Crippen molar-refractivity contribution < 1.29 is 0 Å². The average Bonchev–Trinajstić information content (AvgIpc) is 2.66. The van der Waals surface area contributed by atoms with E-state index in [2.05, 4.69) is 43.6 Å². The van der Waals surface area contributed by atoms with Gasteiger partial charge in [-0.05, 0) is 31.2 Å². The van der Waals surface area contributed by atoms with Crippen molar-refractivity contribution in [2.24, 2.45) is 0 Å². The molecule has 0 saturated heterocycles. The highest BCUT2D eigenvalue weighted by Crippen LogP contribution is 2.19. The Labute approximate surface area is 85.2 Å². The predicted molar refractivity (Wildman–Crippen MR) is 60.2 cm³/mol. The van der Waals surface area contributed by atoms with Gasteiger partial charge < -0.3 is 5.32 Å². The number of hydrogen-bond donors (Lipinski definition) is 1. The standard InChI is InChI=1S/C11H19NS/c1-4-10(5-2)12-9(3)11-7-6-8-13-11/h6-10,12H,4-5H2,1-3H3/t9-/m1/s1. The molecule has 0 aliphatic heterocycles. The molecular formula is C11H19NS. The van der Waals surface area contributed by atoms with E-state index in [0.29, 0.717) is 12.1 Å². The van der Waals surface area contributed by atoms with Gasteiger partial charge in [0.25, 0.3) is 0 Å².